The molecule has 0 unspecified atom stereocenters. The summed E-state index contributed by atoms with van der Waals surface area (Å²) in [6.45, 7) is 10.4. The molecule has 25 heavy (non-hydrogen) atoms. The predicted octanol–water partition coefficient (Wildman–Crippen LogP) is 3.50. The Kier molecular flexibility index (Phi) is 11.9. The van der Waals surface area contributed by atoms with E-state index in [1.165, 1.54) is 12.5 Å². The Morgan fingerprint density at radius 1 is 1.20 bits per heavy atom. The quantitative estimate of drug-likeness (QED) is 0.304. The number of anilines is 1. The fraction of sp³-hybridized carbons (Fsp3) is 0.556. The van der Waals surface area contributed by atoms with E-state index < -0.39 is 0 Å². The standard InChI is InChI=1S/C18H30N4OS.HI/c1-6-19-17(21-13-18(3,4)24-5)20-12-11-15-7-9-16(10-8-15)22-14(2)23;/h7-10H,6,11-13H2,1-5H3,(H,22,23)(H2,19,20,21);1H. The summed E-state index contributed by atoms with van der Waals surface area (Å²) in [5, 5.41) is 9.42. The number of hydrogen-bond donors (Lipinski definition) is 3. The molecule has 142 valence electrons. The van der Waals surface area contributed by atoms with Gasteiger partial charge in [0.15, 0.2) is 5.96 Å². The van der Waals surface area contributed by atoms with E-state index in [2.05, 4.69) is 48.0 Å². The zero-order chi connectivity index (χ0) is 18.0. The van der Waals surface area contributed by atoms with Gasteiger partial charge in [0, 0.05) is 30.4 Å². The van der Waals surface area contributed by atoms with E-state index in [1.807, 2.05) is 36.0 Å². The lowest BCUT2D eigenvalue weighted by Crippen LogP contribution is -2.39. The van der Waals surface area contributed by atoms with E-state index in [-0.39, 0.29) is 34.6 Å². The third kappa shape index (κ3) is 10.6. The molecule has 0 spiro atoms. The summed E-state index contributed by atoms with van der Waals surface area (Å²) in [7, 11) is 0. The van der Waals surface area contributed by atoms with Gasteiger partial charge in [-0.05, 0) is 51.1 Å². The van der Waals surface area contributed by atoms with Gasteiger partial charge < -0.3 is 16.0 Å². The summed E-state index contributed by atoms with van der Waals surface area (Å²) in [6, 6.07) is 7.93. The Hall–Kier alpha value is -0.960. The van der Waals surface area contributed by atoms with Gasteiger partial charge in [0.2, 0.25) is 5.91 Å². The number of halogens is 1. The molecular weight excluding hydrogens is 447 g/mol. The van der Waals surface area contributed by atoms with Crippen molar-refractivity contribution in [3.63, 3.8) is 0 Å². The van der Waals surface area contributed by atoms with Gasteiger partial charge in [0.1, 0.15) is 0 Å². The normalized spacial score (nSPS) is 11.5. The monoisotopic (exact) mass is 478 g/mol. The lowest BCUT2D eigenvalue weighted by Gasteiger charge is -2.20. The highest BCUT2D eigenvalue weighted by atomic mass is 127. The summed E-state index contributed by atoms with van der Waals surface area (Å²) in [6.07, 6.45) is 3.01. The fourth-order valence-electron chi connectivity index (χ4n) is 1.96. The molecular formula is C18H31IN4OS. The Morgan fingerprint density at radius 3 is 2.36 bits per heavy atom. The molecule has 0 saturated carbocycles. The van der Waals surface area contributed by atoms with Crippen LogP contribution in [-0.4, -0.2) is 42.5 Å². The highest BCUT2D eigenvalue weighted by molar-refractivity contribution is 14.0. The minimum atomic E-state index is -0.0518. The van der Waals surface area contributed by atoms with Gasteiger partial charge in [-0.25, -0.2) is 0 Å². The molecule has 7 heteroatoms. The van der Waals surface area contributed by atoms with E-state index >= 15 is 0 Å². The van der Waals surface area contributed by atoms with Crippen molar-refractivity contribution in [3.05, 3.63) is 29.8 Å². The first-order valence-electron chi connectivity index (χ1n) is 8.30. The number of nitrogens with one attached hydrogen (secondary N) is 3. The van der Waals surface area contributed by atoms with Crippen molar-refractivity contribution in [2.45, 2.75) is 38.9 Å². The number of benzene rings is 1. The highest BCUT2D eigenvalue weighted by Gasteiger charge is 2.15. The highest BCUT2D eigenvalue weighted by Crippen LogP contribution is 2.20. The molecule has 0 aliphatic heterocycles. The topological polar surface area (TPSA) is 65.5 Å². The molecule has 0 bridgehead atoms. The van der Waals surface area contributed by atoms with Crippen LogP contribution in [0, 0.1) is 0 Å². The largest absolute Gasteiger partial charge is 0.357 e. The molecule has 0 atom stereocenters. The van der Waals surface area contributed by atoms with E-state index in [1.54, 1.807) is 0 Å². The van der Waals surface area contributed by atoms with E-state index in [0.29, 0.717) is 0 Å². The van der Waals surface area contributed by atoms with Gasteiger partial charge in [0.25, 0.3) is 0 Å². The summed E-state index contributed by atoms with van der Waals surface area (Å²) in [4.78, 5) is 15.7. The van der Waals surface area contributed by atoms with Crippen LogP contribution in [0.3, 0.4) is 0 Å². The van der Waals surface area contributed by atoms with Crippen molar-refractivity contribution in [1.29, 1.82) is 0 Å². The number of rotatable bonds is 8. The van der Waals surface area contributed by atoms with Crippen LogP contribution in [-0.2, 0) is 11.2 Å². The number of guanidine groups is 1. The van der Waals surface area contributed by atoms with Gasteiger partial charge in [-0.2, -0.15) is 11.8 Å². The average molecular weight is 478 g/mol. The fourth-order valence-corrected chi connectivity index (χ4v) is 2.15. The maximum absolute atomic E-state index is 11.0. The van der Waals surface area contributed by atoms with Crippen LogP contribution in [0.15, 0.2) is 29.3 Å². The van der Waals surface area contributed by atoms with E-state index in [9.17, 15) is 4.79 Å². The lowest BCUT2D eigenvalue weighted by atomic mass is 10.1. The number of carbonyl (C=O) groups excluding carboxylic acids is 1. The summed E-state index contributed by atoms with van der Waals surface area (Å²) in [5.74, 6) is 0.804. The Balaban J connectivity index is 0.00000576. The molecule has 0 aliphatic carbocycles. The van der Waals surface area contributed by atoms with Crippen molar-refractivity contribution in [2.24, 2.45) is 4.99 Å². The van der Waals surface area contributed by atoms with Crippen LogP contribution in [0.4, 0.5) is 5.69 Å². The first-order valence-corrected chi connectivity index (χ1v) is 9.52. The van der Waals surface area contributed by atoms with Crippen molar-refractivity contribution in [3.8, 4) is 0 Å². The van der Waals surface area contributed by atoms with Crippen LogP contribution in [0.5, 0.6) is 0 Å². The second-order valence-electron chi connectivity index (χ2n) is 6.21. The van der Waals surface area contributed by atoms with Crippen LogP contribution >= 0.6 is 35.7 Å². The molecule has 1 aromatic rings. The maximum atomic E-state index is 11.0. The molecule has 1 amide bonds. The molecule has 0 aromatic heterocycles. The molecule has 0 radical (unpaired) electrons. The second-order valence-corrected chi connectivity index (χ2v) is 7.73. The van der Waals surface area contributed by atoms with Gasteiger partial charge in [-0.1, -0.05) is 12.1 Å². The maximum Gasteiger partial charge on any atom is 0.221 e. The van der Waals surface area contributed by atoms with Crippen molar-refractivity contribution >= 4 is 53.3 Å². The number of aliphatic imine (C=N–C) groups is 1. The van der Waals surface area contributed by atoms with Gasteiger partial charge >= 0.3 is 0 Å². The zero-order valence-electron chi connectivity index (χ0n) is 15.8. The second kappa shape index (κ2) is 12.4. The van der Waals surface area contributed by atoms with Crippen molar-refractivity contribution in [2.75, 3.05) is 31.2 Å². The van der Waals surface area contributed by atoms with E-state index in [4.69, 9.17) is 0 Å². The number of thioether (sulfide) groups is 1. The van der Waals surface area contributed by atoms with Gasteiger partial charge in [0.05, 0.1) is 6.54 Å². The summed E-state index contributed by atoms with van der Waals surface area (Å²) in [5.41, 5.74) is 2.05. The third-order valence-corrected chi connectivity index (χ3v) is 4.73. The number of amides is 1. The predicted molar refractivity (Wildman–Crippen MR) is 121 cm³/mol. The first-order chi connectivity index (χ1) is 11.4. The molecule has 0 saturated heterocycles. The number of hydrogen-bond acceptors (Lipinski definition) is 3. The van der Waals surface area contributed by atoms with Gasteiger partial charge in [-0.15, -0.1) is 24.0 Å². The SMILES string of the molecule is CCNC(=NCC(C)(C)SC)NCCc1ccc(NC(C)=O)cc1.I. The molecule has 5 nitrogen and oxygen atoms in total. The minimum Gasteiger partial charge on any atom is -0.357 e. The van der Waals surface area contributed by atoms with E-state index in [0.717, 1.165) is 37.7 Å². The Morgan fingerprint density at radius 2 is 1.84 bits per heavy atom. The Bertz CT molecular complexity index is 547. The van der Waals surface area contributed by atoms with Crippen molar-refractivity contribution < 1.29 is 4.79 Å². The van der Waals surface area contributed by atoms with Crippen LogP contribution in [0.2, 0.25) is 0 Å². The molecule has 0 aliphatic rings. The minimum absolute atomic E-state index is 0. The zero-order valence-corrected chi connectivity index (χ0v) is 19.0. The van der Waals surface area contributed by atoms with Crippen LogP contribution < -0.4 is 16.0 Å². The van der Waals surface area contributed by atoms with Crippen molar-refractivity contribution in [1.82, 2.24) is 10.6 Å². The summed E-state index contributed by atoms with van der Waals surface area (Å²) < 4.78 is 0.141. The molecule has 0 heterocycles. The smallest absolute Gasteiger partial charge is 0.221 e. The molecule has 1 rings (SSSR count). The Labute approximate surface area is 173 Å². The van der Waals surface area contributed by atoms with Crippen LogP contribution in [0.1, 0.15) is 33.3 Å². The van der Waals surface area contributed by atoms with Crippen LogP contribution in [0.25, 0.3) is 0 Å². The molecule has 3 N–H and O–H groups in total. The number of carbonyl (C=O) groups is 1. The molecule has 0 fully saturated rings. The number of nitrogens with zero attached hydrogens (tertiary/aromatic N) is 1. The summed E-state index contributed by atoms with van der Waals surface area (Å²) >= 11 is 1.82. The average Bonchev–Trinajstić information content (AvgIpc) is 2.54. The molecule has 1 aromatic carbocycles. The first kappa shape index (κ1) is 24.0. The lowest BCUT2D eigenvalue weighted by molar-refractivity contribution is -0.114. The van der Waals surface area contributed by atoms with Gasteiger partial charge in [-0.3, -0.25) is 9.79 Å². The third-order valence-electron chi connectivity index (χ3n) is 3.50.